The van der Waals surface area contributed by atoms with Gasteiger partial charge in [-0.05, 0) is 61.0 Å². The number of carbonyl (C=O) groups excluding carboxylic acids is 2. The number of carbonyl (C=O) groups is 2. The van der Waals surface area contributed by atoms with E-state index in [4.69, 9.17) is 0 Å². The van der Waals surface area contributed by atoms with Crippen LogP contribution in [0, 0.1) is 5.92 Å². The Morgan fingerprint density at radius 1 is 1.06 bits per heavy atom. The van der Waals surface area contributed by atoms with Crippen molar-refractivity contribution < 1.29 is 9.59 Å². The number of nitrogens with one attached hydrogen (secondary N) is 1. The molecule has 4 atom stereocenters. The normalized spacial score (nSPS) is 23.9. The fraction of sp³-hybridized carbons (Fsp3) is 0.586. The van der Waals surface area contributed by atoms with Gasteiger partial charge in [-0.3, -0.25) is 19.4 Å². The second-order valence-corrected chi connectivity index (χ2v) is 11.2. The number of piperidine rings is 1. The lowest BCUT2D eigenvalue weighted by molar-refractivity contribution is -0.127. The largest absolute Gasteiger partial charge is 0.354 e. The average molecular weight is 528 g/mol. The third-order valence-electron chi connectivity index (χ3n) is 8.09. The van der Waals surface area contributed by atoms with E-state index in [1.165, 1.54) is 22.8 Å². The first-order valence-corrected chi connectivity index (χ1v) is 14.8. The van der Waals surface area contributed by atoms with Crippen molar-refractivity contribution in [2.45, 2.75) is 57.0 Å². The number of rotatable bonds is 13. The molecule has 4 rings (SSSR count). The SMILES string of the molecule is CCC(=O)[C@H]1[C@@H](c2ccc3ccccc3c2)C[C@@H]2CC[C@H]1N2CCCN(CCS)CC(=O)NCCS. The Labute approximate surface area is 227 Å². The van der Waals surface area contributed by atoms with Crippen molar-refractivity contribution in [1.82, 2.24) is 15.1 Å². The monoisotopic (exact) mass is 527 g/mol. The van der Waals surface area contributed by atoms with Crippen LogP contribution in [0.4, 0.5) is 0 Å². The van der Waals surface area contributed by atoms with Gasteiger partial charge in [0.15, 0.2) is 0 Å². The van der Waals surface area contributed by atoms with Crippen LogP contribution in [-0.2, 0) is 9.59 Å². The topological polar surface area (TPSA) is 52.7 Å². The molecule has 2 aliphatic heterocycles. The van der Waals surface area contributed by atoms with Crippen LogP contribution in [-0.4, -0.2) is 77.8 Å². The van der Waals surface area contributed by atoms with E-state index in [0.717, 1.165) is 44.6 Å². The molecular weight excluding hydrogens is 486 g/mol. The number of fused-ring (bicyclic) bond motifs is 3. The predicted octanol–water partition coefficient (Wildman–Crippen LogP) is 4.42. The maximum atomic E-state index is 13.3. The molecule has 2 saturated heterocycles. The standard InChI is InChI=1S/C29H41N3O2S2/c1-2-27(33)29-25(23-9-8-21-6-3-4-7-22(21)18-23)19-24-10-11-26(29)32(24)14-5-13-31(15-17-36)20-28(34)30-12-16-35/h3-4,6-9,18,24-26,29,35-36H,2,5,10-17,19-20H2,1H3,(H,30,34)/t24-,25+,26+,29-/m0/s1. The first-order chi connectivity index (χ1) is 17.5. The minimum Gasteiger partial charge on any atom is -0.354 e. The molecule has 0 aliphatic carbocycles. The van der Waals surface area contributed by atoms with E-state index in [0.29, 0.717) is 49.0 Å². The molecule has 36 heavy (non-hydrogen) atoms. The summed E-state index contributed by atoms with van der Waals surface area (Å²) in [4.78, 5) is 30.4. The third-order valence-corrected chi connectivity index (χ3v) is 8.52. The Bertz CT molecular complexity index is 1030. The number of ketones is 1. The summed E-state index contributed by atoms with van der Waals surface area (Å²) in [6.45, 7) is 5.66. The molecule has 0 spiro atoms. The molecule has 2 aromatic rings. The van der Waals surface area contributed by atoms with Gasteiger partial charge in [-0.25, -0.2) is 0 Å². The van der Waals surface area contributed by atoms with Crippen LogP contribution in [0.15, 0.2) is 42.5 Å². The van der Waals surface area contributed by atoms with E-state index < -0.39 is 0 Å². The first kappa shape index (κ1) is 27.5. The van der Waals surface area contributed by atoms with E-state index in [1.807, 2.05) is 6.92 Å². The number of thiol groups is 2. The van der Waals surface area contributed by atoms with Crippen molar-refractivity contribution in [3.63, 3.8) is 0 Å². The Balaban J connectivity index is 1.43. The van der Waals surface area contributed by atoms with Crippen LogP contribution >= 0.6 is 25.3 Å². The highest BCUT2D eigenvalue weighted by Gasteiger charge is 2.49. The van der Waals surface area contributed by atoms with Crippen molar-refractivity contribution in [2.24, 2.45) is 5.92 Å². The number of nitrogens with zero attached hydrogens (tertiary/aromatic N) is 2. The zero-order chi connectivity index (χ0) is 25.5. The second-order valence-electron chi connectivity index (χ2n) is 10.3. The Kier molecular flexibility index (Phi) is 10.2. The lowest BCUT2D eigenvalue weighted by atomic mass is 9.73. The van der Waals surface area contributed by atoms with Crippen LogP contribution in [0.25, 0.3) is 10.8 Å². The molecule has 2 aromatic carbocycles. The summed E-state index contributed by atoms with van der Waals surface area (Å²) in [5.74, 6) is 2.20. The molecule has 0 aromatic heterocycles. The van der Waals surface area contributed by atoms with Gasteiger partial charge >= 0.3 is 0 Å². The quantitative estimate of drug-likeness (QED) is 0.338. The second kappa shape index (κ2) is 13.3. The summed E-state index contributed by atoms with van der Waals surface area (Å²) < 4.78 is 0. The van der Waals surface area contributed by atoms with Gasteiger partial charge in [-0.2, -0.15) is 25.3 Å². The minimum atomic E-state index is 0.0516. The van der Waals surface area contributed by atoms with Crippen LogP contribution in [0.2, 0.25) is 0 Å². The van der Waals surface area contributed by atoms with Crippen molar-refractivity contribution in [1.29, 1.82) is 0 Å². The summed E-state index contributed by atoms with van der Waals surface area (Å²) in [5.41, 5.74) is 1.32. The van der Waals surface area contributed by atoms with Crippen LogP contribution in [0.5, 0.6) is 0 Å². The number of Topliss-reactive ketones (excluding diaryl/α,β-unsaturated/α-hetero) is 1. The molecule has 1 amide bonds. The van der Waals surface area contributed by atoms with Crippen molar-refractivity contribution in [3.8, 4) is 0 Å². The molecule has 0 radical (unpaired) electrons. The number of amides is 1. The summed E-state index contributed by atoms with van der Waals surface area (Å²) in [6, 6.07) is 16.1. The van der Waals surface area contributed by atoms with E-state index in [2.05, 4.69) is 82.8 Å². The molecule has 1 N–H and O–H groups in total. The van der Waals surface area contributed by atoms with Gasteiger partial charge in [0, 0.05) is 49.0 Å². The summed E-state index contributed by atoms with van der Waals surface area (Å²) >= 11 is 8.56. The van der Waals surface area contributed by atoms with Gasteiger partial charge in [-0.15, -0.1) is 0 Å². The minimum absolute atomic E-state index is 0.0516. The zero-order valence-corrected chi connectivity index (χ0v) is 23.2. The van der Waals surface area contributed by atoms with Crippen molar-refractivity contribution >= 4 is 47.7 Å². The number of hydrogen-bond acceptors (Lipinski definition) is 6. The van der Waals surface area contributed by atoms with Crippen LogP contribution in [0.1, 0.15) is 50.5 Å². The maximum Gasteiger partial charge on any atom is 0.234 e. The smallest absolute Gasteiger partial charge is 0.234 e. The molecule has 7 heteroatoms. The number of benzene rings is 2. The van der Waals surface area contributed by atoms with Gasteiger partial charge < -0.3 is 5.32 Å². The summed E-state index contributed by atoms with van der Waals surface area (Å²) in [6.07, 6.45) is 4.93. The first-order valence-electron chi connectivity index (χ1n) is 13.5. The maximum absolute atomic E-state index is 13.3. The van der Waals surface area contributed by atoms with E-state index in [9.17, 15) is 9.59 Å². The molecule has 2 aliphatic rings. The Hall–Kier alpha value is -1.54. The number of hydrogen-bond donors (Lipinski definition) is 3. The van der Waals surface area contributed by atoms with Gasteiger partial charge in [0.1, 0.15) is 5.78 Å². The summed E-state index contributed by atoms with van der Waals surface area (Å²) in [7, 11) is 0. The molecular formula is C29H41N3O2S2. The lowest BCUT2D eigenvalue weighted by Crippen LogP contribution is -2.51. The Morgan fingerprint density at radius 2 is 1.86 bits per heavy atom. The molecule has 0 saturated carbocycles. The lowest BCUT2D eigenvalue weighted by Gasteiger charge is -2.44. The molecule has 0 unspecified atom stereocenters. The van der Waals surface area contributed by atoms with Crippen molar-refractivity contribution in [2.75, 3.05) is 44.2 Å². The molecule has 2 bridgehead atoms. The molecule has 2 fully saturated rings. The van der Waals surface area contributed by atoms with E-state index in [-0.39, 0.29) is 11.8 Å². The molecule has 5 nitrogen and oxygen atoms in total. The highest BCUT2D eigenvalue weighted by molar-refractivity contribution is 7.80. The fourth-order valence-corrected chi connectivity index (χ4v) is 6.85. The van der Waals surface area contributed by atoms with E-state index >= 15 is 0 Å². The van der Waals surface area contributed by atoms with Crippen LogP contribution < -0.4 is 5.32 Å². The van der Waals surface area contributed by atoms with Gasteiger partial charge in [-0.1, -0.05) is 49.4 Å². The van der Waals surface area contributed by atoms with E-state index in [1.54, 1.807) is 0 Å². The fourth-order valence-electron chi connectivity index (χ4n) is 6.46. The highest BCUT2D eigenvalue weighted by atomic mass is 32.1. The van der Waals surface area contributed by atoms with Gasteiger partial charge in [0.2, 0.25) is 5.91 Å². The Morgan fingerprint density at radius 3 is 2.61 bits per heavy atom. The molecule has 196 valence electrons. The molecule has 2 heterocycles. The predicted molar refractivity (Wildman–Crippen MR) is 155 cm³/mol. The zero-order valence-electron chi connectivity index (χ0n) is 21.4. The van der Waals surface area contributed by atoms with Crippen LogP contribution in [0.3, 0.4) is 0 Å². The van der Waals surface area contributed by atoms with Gasteiger partial charge in [0.05, 0.1) is 6.54 Å². The van der Waals surface area contributed by atoms with Crippen molar-refractivity contribution in [3.05, 3.63) is 48.0 Å². The highest BCUT2D eigenvalue weighted by Crippen LogP contribution is 2.48. The summed E-state index contributed by atoms with van der Waals surface area (Å²) in [5, 5.41) is 5.43. The third kappa shape index (κ3) is 6.47. The average Bonchev–Trinajstić information content (AvgIpc) is 3.17. The van der Waals surface area contributed by atoms with Gasteiger partial charge in [0.25, 0.3) is 0 Å².